The number of nitrogens with zero attached hydrogens (tertiary/aromatic N) is 1. The molecule has 0 spiro atoms. The van der Waals surface area contributed by atoms with Crippen LogP contribution in [-0.2, 0) is 4.79 Å². The predicted molar refractivity (Wildman–Crippen MR) is 79.3 cm³/mol. The minimum absolute atomic E-state index is 0.000457. The van der Waals surface area contributed by atoms with Crippen LogP contribution in [0, 0.1) is 11.8 Å². The molecule has 2 atom stereocenters. The number of methoxy groups -OCH3 is 1. The molecule has 2 aliphatic rings. The van der Waals surface area contributed by atoms with E-state index in [2.05, 4.69) is 0 Å². The maximum atomic E-state index is 12.3. The highest BCUT2D eigenvalue weighted by Crippen LogP contribution is 2.40. The van der Waals surface area contributed by atoms with Crippen LogP contribution in [0.1, 0.15) is 12.8 Å². The molecule has 1 amide bonds. The van der Waals surface area contributed by atoms with Crippen LogP contribution in [0.3, 0.4) is 0 Å². The smallest absolute Gasteiger partial charge is 0.260 e. The molecule has 1 aromatic rings. The van der Waals surface area contributed by atoms with Gasteiger partial charge < -0.3 is 20.1 Å². The van der Waals surface area contributed by atoms with Gasteiger partial charge in [-0.05, 0) is 36.8 Å². The molecule has 0 bridgehead atoms. The molecule has 2 unspecified atom stereocenters. The van der Waals surface area contributed by atoms with Crippen LogP contribution in [0.15, 0.2) is 24.3 Å². The van der Waals surface area contributed by atoms with Gasteiger partial charge in [-0.2, -0.15) is 0 Å². The van der Waals surface area contributed by atoms with E-state index in [0.29, 0.717) is 24.0 Å². The molecule has 114 valence electrons. The van der Waals surface area contributed by atoms with Crippen molar-refractivity contribution in [2.45, 2.75) is 18.9 Å². The first-order valence-electron chi connectivity index (χ1n) is 7.48. The normalized spacial score (nSPS) is 25.0. The summed E-state index contributed by atoms with van der Waals surface area (Å²) >= 11 is 0. The number of hydrogen-bond donors (Lipinski definition) is 1. The Hall–Kier alpha value is -1.75. The van der Waals surface area contributed by atoms with Gasteiger partial charge >= 0.3 is 0 Å². The van der Waals surface area contributed by atoms with E-state index in [-0.39, 0.29) is 18.6 Å². The maximum Gasteiger partial charge on any atom is 0.260 e. The topological polar surface area (TPSA) is 64.8 Å². The van der Waals surface area contributed by atoms with Gasteiger partial charge in [0.25, 0.3) is 5.91 Å². The minimum atomic E-state index is -0.000457. The van der Waals surface area contributed by atoms with Gasteiger partial charge in [-0.25, -0.2) is 0 Å². The minimum Gasteiger partial charge on any atom is -0.493 e. The molecule has 2 N–H and O–H groups in total. The molecule has 1 aliphatic carbocycles. The van der Waals surface area contributed by atoms with E-state index in [0.717, 1.165) is 12.5 Å². The molecule has 1 aromatic carbocycles. The molecule has 5 nitrogen and oxygen atoms in total. The highest BCUT2D eigenvalue weighted by Gasteiger charge is 2.42. The van der Waals surface area contributed by atoms with Crippen molar-refractivity contribution in [2.75, 3.05) is 26.8 Å². The molecular formula is C16H22N2O3. The summed E-state index contributed by atoms with van der Waals surface area (Å²) in [7, 11) is 1.59. The van der Waals surface area contributed by atoms with Gasteiger partial charge in [-0.3, -0.25) is 4.79 Å². The van der Waals surface area contributed by atoms with Crippen LogP contribution in [-0.4, -0.2) is 43.7 Å². The lowest BCUT2D eigenvalue weighted by Gasteiger charge is -2.17. The van der Waals surface area contributed by atoms with Crippen molar-refractivity contribution in [1.82, 2.24) is 4.90 Å². The van der Waals surface area contributed by atoms with Gasteiger partial charge in [0, 0.05) is 19.1 Å². The standard InChI is InChI=1S/C16H22N2O3/c1-20-14-4-2-3-5-15(14)21-10-16(19)18-8-12(11-6-7-11)13(17)9-18/h2-5,11-13H,6-10,17H2,1H3. The number of amides is 1. The van der Waals surface area contributed by atoms with Gasteiger partial charge in [0.1, 0.15) is 0 Å². The first kappa shape index (κ1) is 14.2. The number of hydrogen-bond acceptors (Lipinski definition) is 4. The Morgan fingerprint density at radius 1 is 1.29 bits per heavy atom. The molecule has 0 radical (unpaired) electrons. The van der Waals surface area contributed by atoms with Crippen LogP contribution >= 0.6 is 0 Å². The monoisotopic (exact) mass is 290 g/mol. The summed E-state index contributed by atoms with van der Waals surface area (Å²) in [6, 6.07) is 7.46. The molecule has 1 saturated carbocycles. The lowest BCUT2D eigenvalue weighted by Crippen LogP contribution is -2.35. The van der Waals surface area contributed by atoms with Gasteiger partial charge in [0.2, 0.25) is 0 Å². The van der Waals surface area contributed by atoms with E-state index in [9.17, 15) is 4.79 Å². The summed E-state index contributed by atoms with van der Waals surface area (Å²) in [5.41, 5.74) is 6.15. The number of nitrogens with two attached hydrogens (primary N) is 1. The van der Waals surface area contributed by atoms with Crippen molar-refractivity contribution >= 4 is 5.91 Å². The lowest BCUT2D eigenvalue weighted by molar-refractivity contribution is -0.132. The summed E-state index contributed by atoms with van der Waals surface area (Å²) in [6.45, 7) is 1.46. The molecule has 1 heterocycles. The molecule has 5 heteroatoms. The average molecular weight is 290 g/mol. The predicted octanol–water partition coefficient (Wildman–Crippen LogP) is 1.27. The third kappa shape index (κ3) is 3.13. The molecule has 1 aliphatic heterocycles. The Labute approximate surface area is 125 Å². The third-order valence-corrected chi connectivity index (χ3v) is 4.41. The van der Waals surface area contributed by atoms with E-state index in [1.165, 1.54) is 12.8 Å². The Bertz CT molecular complexity index is 516. The summed E-state index contributed by atoms with van der Waals surface area (Å²) in [4.78, 5) is 14.1. The van der Waals surface area contributed by atoms with Crippen LogP contribution < -0.4 is 15.2 Å². The largest absolute Gasteiger partial charge is 0.493 e. The lowest BCUT2D eigenvalue weighted by atomic mass is 9.99. The highest BCUT2D eigenvalue weighted by atomic mass is 16.5. The van der Waals surface area contributed by atoms with Crippen molar-refractivity contribution in [1.29, 1.82) is 0 Å². The van der Waals surface area contributed by atoms with Crippen molar-refractivity contribution in [3.63, 3.8) is 0 Å². The Kier molecular flexibility index (Phi) is 4.01. The fourth-order valence-corrected chi connectivity index (χ4v) is 3.05. The van der Waals surface area contributed by atoms with Crippen molar-refractivity contribution in [3.8, 4) is 11.5 Å². The second-order valence-electron chi connectivity index (χ2n) is 5.90. The molecular weight excluding hydrogens is 268 g/mol. The fourth-order valence-electron chi connectivity index (χ4n) is 3.05. The van der Waals surface area contributed by atoms with Crippen LogP contribution in [0.4, 0.5) is 0 Å². The maximum absolute atomic E-state index is 12.3. The number of benzene rings is 1. The summed E-state index contributed by atoms with van der Waals surface area (Å²) in [5, 5.41) is 0. The second kappa shape index (κ2) is 5.93. The Morgan fingerprint density at radius 2 is 2.00 bits per heavy atom. The van der Waals surface area contributed by atoms with E-state index in [4.69, 9.17) is 15.2 Å². The van der Waals surface area contributed by atoms with E-state index < -0.39 is 0 Å². The fraction of sp³-hybridized carbons (Fsp3) is 0.562. The van der Waals surface area contributed by atoms with Gasteiger partial charge in [0.15, 0.2) is 18.1 Å². The van der Waals surface area contributed by atoms with Crippen LogP contribution in [0.25, 0.3) is 0 Å². The molecule has 21 heavy (non-hydrogen) atoms. The first-order valence-corrected chi connectivity index (χ1v) is 7.48. The van der Waals surface area contributed by atoms with E-state index in [1.807, 2.05) is 23.1 Å². The number of carbonyl (C=O) groups is 1. The van der Waals surface area contributed by atoms with Gasteiger partial charge in [-0.1, -0.05) is 12.1 Å². The van der Waals surface area contributed by atoms with Crippen molar-refractivity contribution in [3.05, 3.63) is 24.3 Å². The van der Waals surface area contributed by atoms with Crippen LogP contribution in [0.2, 0.25) is 0 Å². The second-order valence-corrected chi connectivity index (χ2v) is 5.90. The summed E-state index contributed by atoms with van der Waals surface area (Å²) < 4.78 is 10.8. The Balaban J connectivity index is 1.54. The highest BCUT2D eigenvalue weighted by molar-refractivity contribution is 5.78. The van der Waals surface area contributed by atoms with E-state index in [1.54, 1.807) is 13.2 Å². The summed E-state index contributed by atoms with van der Waals surface area (Å²) in [6.07, 6.45) is 2.52. The average Bonchev–Trinajstić information content (AvgIpc) is 3.27. The quantitative estimate of drug-likeness (QED) is 0.887. The number of likely N-dealkylation sites (tertiary alicyclic amines) is 1. The number of para-hydroxylation sites is 2. The Morgan fingerprint density at radius 3 is 2.67 bits per heavy atom. The van der Waals surface area contributed by atoms with E-state index >= 15 is 0 Å². The molecule has 0 aromatic heterocycles. The zero-order valence-electron chi connectivity index (χ0n) is 12.3. The molecule has 1 saturated heterocycles. The summed E-state index contributed by atoms with van der Waals surface area (Å²) in [5.74, 6) is 2.43. The molecule has 3 rings (SSSR count). The van der Waals surface area contributed by atoms with Gasteiger partial charge in [0.05, 0.1) is 7.11 Å². The van der Waals surface area contributed by atoms with Crippen molar-refractivity contribution in [2.24, 2.45) is 17.6 Å². The number of rotatable bonds is 5. The number of ether oxygens (including phenoxy) is 2. The first-order chi connectivity index (χ1) is 10.2. The number of carbonyl (C=O) groups excluding carboxylic acids is 1. The van der Waals surface area contributed by atoms with Gasteiger partial charge in [-0.15, -0.1) is 0 Å². The molecule has 2 fully saturated rings. The zero-order chi connectivity index (χ0) is 14.8. The SMILES string of the molecule is COc1ccccc1OCC(=O)N1CC(N)C(C2CC2)C1. The third-order valence-electron chi connectivity index (χ3n) is 4.41. The van der Waals surface area contributed by atoms with Crippen molar-refractivity contribution < 1.29 is 14.3 Å². The zero-order valence-corrected chi connectivity index (χ0v) is 12.3. The van der Waals surface area contributed by atoms with Crippen LogP contribution in [0.5, 0.6) is 11.5 Å².